The van der Waals surface area contributed by atoms with E-state index in [1.54, 1.807) is 37.3 Å². The summed E-state index contributed by atoms with van der Waals surface area (Å²) in [6.07, 6.45) is 0. The number of nitro benzene ring substituents is 1. The smallest absolute Gasteiger partial charge is 0.274 e. The van der Waals surface area contributed by atoms with Crippen molar-refractivity contribution in [3.63, 3.8) is 0 Å². The first-order valence-corrected chi connectivity index (χ1v) is 5.83. The minimum atomic E-state index is -0.388. The molecule has 5 nitrogen and oxygen atoms in total. The fourth-order valence-electron chi connectivity index (χ4n) is 1.73. The second-order valence-corrected chi connectivity index (χ2v) is 4.28. The van der Waals surface area contributed by atoms with Crippen LogP contribution in [0.1, 0.15) is 11.1 Å². The SMILES string of the molecule is Cc1ccc(NCc2ccc(O)cc2)cc1[N+](=O)[O-]. The van der Waals surface area contributed by atoms with Gasteiger partial charge in [-0.05, 0) is 30.7 Å². The van der Waals surface area contributed by atoms with Crippen molar-refractivity contribution in [1.29, 1.82) is 0 Å². The van der Waals surface area contributed by atoms with E-state index in [4.69, 9.17) is 0 Å². The van der Waals surface area contributed by atoms with E-state index < -0.39 is 0 Å². The minimum Gasteiger partial charge on any atom is -0.508 e. The Hall–Kier alpha value is -2.56. The van der Waals surface area contributed by atoms with Gasteiger partial charge in [-0.2, -0.15) is 0 Å². The number of aromatic hydroxyl groups is 1. The molecule has 0 unspecified atom stereocenters. The molecule has 0 amide bonds. The average molecular weight is 258 g/mol. The highest BCUT2D eigenvalue weighted by Gasteiger charge is 2.10. The van der Waals surface area contributed by atoms with E-state index in [1.807, 2.05) is 6.07 Å². The molecule has 0 saturated carbocycles. The molecule has 2 N–H and O–H groups in total. The molecule has 2 aromatic carbocycles. The molecule has 5 heteroatoms. The van der Waals surface area contributed by atoms with Gasteiger partial charge in [-0.15, -0.1) is 0 Å². The first-order valence-electron chi connectivity index (χ1n) is 5.83. The van der Waals surface area contributed by atoms with Gasteiger partial charge in [0.05, 0.1) is 4.92 Å². The van der Waals surface area contributed by atoms with E-state index in [0.717, 1.165) is 5.56 Å². The van der Waals surface area contributed by atoms with E-state index in [-0.39, 0.29) is 16.4 Å². The zero-order valence-corrected chi connectivity index (χ0v) is 10.5. The van der Waals surface area contributed by atoms with Gasteiger partial charge in [-0.3, -0.25) is 10.1 Å². The van der Waals surface area contributed by atoms with Gasteiger partial charge in [0.25, 0.3) is 5.69 Å². The van der Waals surface area contributed by atoms with Crippen molar-refractivity contribution in [2.24, 2.45) is 0 Å². The average Bonchev–Trinajstić information content (AvgIpc) is 2.39. The van der Waals surface area contributed by atoms with Crippen LogP contribution in [0.5, 0.6) is 5.75 Å². The van der Waals surface area contributed by atoms with Crippen molar-refractivity contribution in [3.05, 3.63) is 63.7 Å². The quantitative estimate of drug-likeness (QED) is 0.652. The zero-order valence-electron chi connectivity index (χ0n) is 10.5. The molecule has 0 aliphatic heterocycles. The Kier molecular flexibility index (Phi) is 3.66. The van der Waals surface area contributed by atoms with Crippen molar-refractivity contribution in [2.45, 2.75) is 13.5 Å². The van der Waals surface area contributed by atoms with Crippen molar-refractivity contribution in [1.82, 2.24) is 0 Å². The van der Waals surface area contributed by atoms with Gasteiger partial charge >= 0.3 is 0 Å². The van der Waals surface area contributed by atoms with E-state index in [9.17, 15) is 15.2 Å². The summed E-state index contributed by atoms with van der Waals surface area (Å²) in [5.41, 5.74) is 2.43. The van der Waals surface area contributed by atoms with Crippen molar-refractivity contribution < 1.29 is 10.0 Å². The van der Waals surface area contributed by atoms with Crippen molar-refractivity contribution in [2.75, 3.05) is 5.32 Å². The monoisotopic (exact) mass is 258 g/mol. The number of hydrogen-bond acceptors (Lipinski definition) is 4. The van der Waals surface area contributed by atoms with Gasteiger partial charge in [0, 0.05) is 23.9 Å². The van der Waals surface area contributed by atoms with Crippen LogP contribution >= 0.6 is 0 Å². The lowest BCUT2D eigenvalue weighted by Gasteiger charge is -2.07. The van der Waals surface area contributed by atoms with E-state index in [1.165, 1.54) is 6.07 Å². The number of nitrogens with one attached hydrogen (secondary N) is 1. The topological polar surface area (TPSA) is 75.4 Å². The first kappa shape index (κ1) is 12.9. The molecule has 0 spiro atoms. The predicted molar refractivity (Wildman–Crippen MR) is 73.3 cm³/mol. The Balaban J connectivity index is 2.09. The number of anilines is 1. The largest absolute Gasteiger partial charge is 0.508 e. The number of hydrogen-bond donors (Lipinski definition) is 2. The Morgan fingerprint density at radius 3 is 2.53 bits per heavy atom. The molecular weight excluding hydrogens is 244 g/mol. The van der Waals surface area contributed by atoms with E-state index in [2.05, 4.69) is 5.32 Å². The zero-order chi connectivity index (χ0) is 13.8. The van der Waals surface area contributed by atoms with Gasteiger partial charge < -0.3 is 10.4 Å². The molecule has 0 saturated heterocycles. The lowest BCUT2D eigenvalue weighted by atomic mass is 10.1. The number of phenolic OH excluding ortho intramolecular Hbond substituents is 1. The molecule has 0 aromatic heterocycles. The standard InChI is InChI=1S/C14H14N2O3/c1-10-2-5-12(8-14(10)16(18)19)15-9-11-3-6-13(17)7-4-11/h2-8,15,17H,9H2,1H3. The highest BCUT2D eigenvalue weighted by atomic mass is 16.6. The van der Waals surface area contributed by atoms with Crippen molar-refractivity contribution in [3.8, 4) is 5.75 Å². The van der Waals surface area contributed by atoms with Gasteiger partial charge in [0.2, 0.25) is 0 Å². The Bertz CT molecular complexity index is 594. The normalized spacial score (nSPS) is 10.2. The third-order valence-corrected chi connectivity index (χ3v) is 2.84. The summed E-state index contributed by atoms with van der Waals surface area (Å²) in [6, 6.07) is 11.9. The van der Waals surface area contributed by atoms with Gasteiger partial charge in [-0.25, -0.2) is 0 Å². The summed E-state index contributed by atoms with van der Waals surface area (Å²) >= 11 is 0. The summed E-state index contributed by atoms with van der Waals surface area (Å²) < 4.78 is 0. The van der Waals surface area contributed by atoms with Gasteiger partial charge in [0.15, 0.2) is 0 Å². The number of benzene rings is 2. The minimum absolute atomic E-state index is 0.107. The van der Waals surface area contributed by atoms with E-state index in [0.29, 0.717) is 17.8 Å². The lowest BCUT2D eigenvalue weighted by Crippen LogP contribution is -2.00. The summed E-state index contributed by atoms with van der Waals surface area (Å²) in [7, 11) is 0. The maximum Gasteiger partial charge on any atom is 0.274 e. The maximum absolute atomic E-state index is 10.8. The maximum atomic E-state index is 10.8. The fraction of sp³-hybridized carbons (Fsp3) is 0.143. The lowest BCUT2D eigenvalue weighted by molar-refractivity contribution is -0.385. The van der Waals surface area contributed by atoms with Crippen LogP contribution in [0.4, 0.5) is 11.4 Å². The van der Waals surface area contributed by atoms with Crippen LogP contribution in [0.2, 0.25) is 0 Å². The molecule has 0 aliphatic rings. The predicted octanol–water partition coefficient (Wildman–Crippen LogP) is 3.22. The summed E-state index contributed by atoms with van der Waals surface area (Å²) in [5.74, 6) is 0.217. The molecule has 0 bridgehead atoms. The fourth-order valence-corrected chi connectivity index (χ4v) is 1.73. The van der Waals surface area contributed by atoms with Crippen LogP contribution in [0.15, 0.2) is 42.5 Å². The van der Waals surface area contributed by atoms with Gasteiger partial charge in [0.1, 0.15) is 5.75 Å². The number of phenols is 1. The molecule has 0 atom stereocenters. The summed E-state index contributed by atoms with van der Waals surface area (Å²) in [5, 5.41) is 23.1. The molecular formula is C14H14N2O3. The van der Waals surface area contributed by atoms with Crippen LogP contribution in [-0.4, -0.2) is 10.0 Å². The van der Waals surface area contributed by atoms with E-state index >= 15 is 0 Å². The van der Waals surface area contributed by atoms with Crippen LogP contribution in [0, 0.1) is 17.0 Å². The molecule has 0 aliphatic carbocycles. The summed E-state index contributed by atoms with van der Waals surface area (Å²) in [6.45, 7) is 2.25. The second-order valence-electron chi connectivity index (χ2n) is 4.28. The molecule has 2 aromatic rings. The Labute approximate surface area is 110 Å². The molecule has 98 valence electrons. The van der Waals surface area contributed by atoms with Crippen LogP contribution < -0.4 is 5.32 Å². The highest BCUT2D eigenvalue weighted by molar-refractivity contribution is 5.55. The van der Waals surface area contributed by atoms with Crippen LogP contribution in [0.3, 0.4) is 0 Å². The summed E-state index contributed by atoms with van der Waals surface area (Å²) in [4.78, 5) is 10.4. The number of aryl methyl sites for hydroxylation is 1. The van der Waals surface area contributed by atoms with Crippen LogP contribution in [-0.2, 0) is 6.54 Å². The van der Waals surface area contributed by atoms with Gasteiger partial charge in [-0.1, -0.05) is 18.2 Å². The Morgan fingerprint density at radius 2 is 1.89 bits per heavy atom. The van der Waals surface area contributed by atoms with Crippen LogP contribution in [0.25, 0.3) is 0 Å². The number of nitro groups is 1. The Morgan fingerprint density at radius 1 is 1.21 bits per heavy atom. The molecule has 0 radical (unpaired) electrons. The molecule has 2 rings (SSSR count). The van der Waals surface area contributed by atoms with Crippen molar-refractivity contribution >= 4 is 11.4 Å². The number of nitrogens with zero attached hydrogens (tertiary/aromatic N) is 1. The highest BCUT2D eigenvalue weighted by Crippen LogP contribution is 2.22. The molecule has 19 heavy (non-hydrogen) atoms. The second kappa shape index (κ2) is 5.39. The third kappa shape index (κ3) is 3.22. The number of rotatable bonds is 4. The molecule has 0 heterocycles. The third-order valence-electron chi connectivity index (χ3n) is 2.84. The molecule has 0 fully saturated rings. The first-order chi connectivity index (χ1) is 9.06.